The van der Waals surface area contributed by atoms with Crippen LogP contribution in [0.25, 0.3) is 39.5 Å². The third-order valence-corrected chi connectivity index (χ3v) is 9.64. The van der Waals surface area contributed by atoms with E-state index in [2.05, 4.69) is 157 Å². The number of aromatic nitrogens is 2. The number of ether oxygens (including phenoxy) is 1. The van der Waals surface area contributed by atoms with Crippen LogP contribution in [0.3, 0.4) is 0 Å². The van der Waals surface area contributed by atoms with Gasteiger partial charge in [-0.15, -0.1) is 0 Å². The summed E-state index contributed by atoms with van der Waals surface area (Å²) < 4.78 is 6.53. The van der Waals surface area contributed by atoms with E-state index in [4.69, 9.17) is 14.7 Å². The number of hydrogen-bond acceptors (Lipinski definition) is 4. The quantitative estimate of drug-likeness (QED) is 0.196. The molecule has 2 aliphatic rings. The van der Waals surface area contributed by atoms with Crippen LogP contribution in [-0.4, -0.2) is 16.5 Å². The van der Waals surface area contributed by atoms with Gasteiger partial charge < -0.3 is 10.1 Å². The lowest BCUT2D eigenvalue weighted by Crippen LogP contribution is -2.34. The maximum absolute atomic E-state index is 6.53. The van der Waals surface area contributed by atoms with Gasteiger partial charge in [0.2, 0.25) is 0 Å². The molecule has 4 heteroatoms. The minimum atomic E-state index is -0.582. The highest BCUT2D eigenvalue weighted by molar-refractivity contribution is 5.77. The summed E-state index contributed by atoms with van der Waals surface area (Å²) in [5.41, 5.74) is 11.0. The molecule has 1 N–H and O–H groups in total. The van der Waals surface area contributed by atoms with Crippen molar-refractivity contribution in [2.24, 2.45) is 0 Å². The largest absolute Gasteiger partial charge is 0.457 e. The van der Waals surface area contributed by atoms with Crippen LogP contribution in [0, 0.1) is 0 Å². The number of fused-ring (bicyclic) bond motifs is 2. The number of para-hydroxylation sites is 2. The molecule has 1 aromatic heterocycles. The SMILES string of the molecule is C1=CCNC(c2cc(-c3cccc(-c4cccc(C5(c6ccccc6)c6ccccc6Oc6ccccc65)c4)c3)nc(-c3ccccc3)n2)=C1. The first-order valence-corrected chi connectivity index (χ1v) is 17.0. The Labute approximate surface area is 292 Å². The van der Waals surface area contributed by atoms with E-state index < -0.39 is 5.41 Å². The topological polar surface area (TPSA) is 47.0 Å². The van der Waals surface area contributed by atoms with Crippen LogP contribution < -0.4 is 10.1 Å². The third-order valence-electron chi connectivity index (χ3n) is 9.64. The van der Waals surface area contributed by atoms with E-state index in [0.29, 0.717) is 5.82 Å². The molecule has 0 atom stereocenters. The third kappa shape index (κ3) is 5.10. The number of nitrogens with one attached hydrogen (secondary N) is 1. The number of dihydropyridines is 1. The molecule has 2 aliphatic heterocycles. The fraction of sp³-hybridized carbons (Fsp3) is 0.0435. The zero-order chi connectivity index (χ0) is 33.3. The fourth-order valence-electron chi connectivity index (χ4n) is 7.35. The molecule has 4 nitrogen and oxygen atoms in total. The summed E-state index contributed by atoms with van der Waals surface area (Å²) in [6, 6.07) is 57.6. The normalized spacial score (nSPS) is 14.0. The Morgan fingerprint density at radius 3 is 1.80 bits per heavy atom. The second-order valence-corrected chi connectivity index (χ2v) is 12.6. The Bertz CT molecular complexity index is 2370. The molecule has 7 aromatic rings. The van der Waals surface area contributed by atoms with Gasteiger partial charge in [0, 0.05) is 28.8 Å². The number of hydrogen-bond donors (Lipinski definition) is 1. The van der Waals surface area contributed by atoms with Crippen LogP contribution in [0.15, 0.2) is 182 Å². The van der Waals surface area contributed by atoms with Gasteiger partial charge in [-0.3, -0.25) is 0 Å². The highest BCUT2D eigenvalue weighted by atomic mass is 16.5. The van der Waals surface area contributed by atoms with Gasteiger partial charge in [-0.25, -0.2) is 9.97 Å². The van der Waals surface area contributed by atoms with E-state index >= 15 is 0 Å². The van der Waals surface area contributed by atoms with Gasteiger partial charge in [-0.05, 0) is 58.7 Å². The van der Waals surface area contributed by atoms with Crippen molar-refractivity contribution in [2.75, 3.05) is 6.54 Å². The molecule has 0 bridgehead atoms. The van der Waals surface area contributed by atoms with Gasteiger partial charge in [0.05, 0.1) is 22.5 Å². The molecule has 0 spiro atoms. The summed E-state index contributed by atoms with van der Waals surface area (Å²) in [5.74, 6) is 2.44. The second-order valence-electron chi connectivity index (χ2n) is 12.6. The van der Waals surface area contributed by atoms with E-state index in [-0.39, 0.29) is 0 Å². The second kappa shape index (κ2) is 12.5. The van der Waals surface area contributed by atoms with Crippen LogP contribution >= 0.6 is 0 Å². The van der Waals surface area contributed by atoms with Gasteiger partial charge >= 0.3 is 0 Å². The van der Waals surface area contributed by atoms with Crippen molar-refractivity contribution < 1.29 is 4.74 Å². The first-order valence-electron chi connectivity index (χ1n) is 17.0. The molecule has 0 aliphatic carbocycles. The Hall–Kier alpha value is -6.52. The number of nitrogens with zero attached hydrogens (tertiary/aromatic N) is 2. The highest BCUT2D eigenvalue weighted by Crippen LogP contribution is 2.55. The molecular formula is C46H33N3O. The summed E-state index contributed by atoms with van der Waals surface area (Å²) in [6.07, 6.45) is 6.24. The van der Waals surface area contributed by atoms with Gasteiger partial charge in [-0.1, -0.05) is 146 Å². The van der Waals surface area contributed by atoms with E-state index in [1.54, 1.807) is 0 Å². The lowest BCUT2D eigenvalue weighted by Gasteiger charge is -2.41. The molecule has 0 saturated carbocycles. The lowest BCUT2D eigenvalue weighted by molar-refractivity contribution is 0.434. The van der Waals surface area contributed by atoms with Crippen molar-refractivity contribution in [3.05, 3.63) is 210 Å². The van der Waals surface area contributed by atoms with E-state index in [0.717, 1.165) is 68.5 Å². The average molecular weight is 644 g/mol. The van der Waals surface area contributed by atoms with Crippen molar-refractivity contribution in [3.63, 3.8) is 0 Å². The molecule has 238 valence electrons. The maximum Gasteiger partial charge on any atom is 0.160 e. The highest BCUT2D eigenvalue weighted by Gasteiger charge is 2.45. The van der Waals surface area contributed by atoms with E-state index in [1.807, 2.05) is 30.3 Å². The van der Waals surface area contributed by atoms with Crippen LogP contribution in [0.5, 0.6) is 11.5 Å². The summed E-state index contributed by atoms with van der Waals surface area (Å²) in [7, 11) is 0. The Morgan fingerprint density at radius 2 is 1.08 bits per heavy atom. The fourth-order valence-corrected chi connectivity index (χ4v) is 7.35. The predicted octanol–water partition coefficient (Wildman–Crippen LogP) is 10.5. The number of benzene rings is 6. The molecule has 6 aromatic carbocycles. The summed E-state index contributed by atoms with van der Waals surface area (Å²) in [4.78, 5) is 10.1. The average Bonchev–Trinajstić information content (AvgIpc) is 3.21. The van der Waals surface area contributed by atoms with Gasteiger partial charge in [0.1, 0.15) is 11.5 Å². The molecule has 50 heavy (non-hydrogen) atoms. The summed E-state index contributed by atoms with van der Waals surface area (Å²) >= 11 is 0. The number of rotatable bonds is 6. The predicted molar refractivity (Wildman–Crippen MR) is 202 cm³/mol. The molecular weight excluding hydrogens is 611 g/mol. The van der Waals surface area contributed by atoms with Crippen molar-refractivity contribution in [1.82, 2.24) is 15.3 Å². The zero-order valence-electron chi connectivity index (χ0n) is 27.3. The van der Waals surface area contributed by atoms with Gasteiger partial charge in [0.15, 0.2) is 5.82 Å². The lowest BCUT2D eigenvalue weighted by atomic mass is 9.63. The monoisotopic (exact) mass is 643 g/mol. The maximum atomic E-state index is 6.53. The Morgan fingerprint density at radius 1 is 0.500 bits per heavy atom. The number of allylic oxidation sites excluding steroid dienone is 2. The van der Waals surface area contributed by atoms with Crippen LogP contribution in [-0.2, 0) is 5.41 Å². The zero-order valence-corrected chi connectivity index (χ0v) is 27.3. The van der Waals surface area contributed by atoms with Crippen LogP contribution in [0.1, 0.15) is 27.9 Å². The standard InChI is InChI=1S/C46H33N3O/c1-3-15-32(16-4-1)45-48-41(31-42(49-45)40-25-11-12-28-47-40)35-19-13-17-33(29-35)34-18-14-22-37(30-34)46(36-20-5-2-6-21-36)38-23-7-9-26-43(38)50-44-27-10-8-24-39(44)46/h1-27,29-31,47H,28H2. The molecule has 0 saturated heterocycles. The van der Waals surface area contributed by atoms with Gasteiger partial charge in [0.25, 0.3) is 0 Å². The first kappa shape index (κ1) is 29.6. The molecule has 0 radical (unpaired) electrons. The minimum absolute atomic E-state index is 0.582. The van der Waals surface area contributed by atoms with Crippen molar-refractivity contribution in [2.45, 2.75) is 5.41 Å². The molecule has 3 heterocycles. The van der Waals surface area contributed by atoms with Crippen molar-refractivity contribution in [3.8, 4) is 45.3 Å². The Balaban J connectivity index is 1.21. The van der Waals surface area contributed by atoms with Crippen molar-refractivity contribution in [1.29, 1.82) is 0 Å². The summed E-state index contributed by atoms with van der Waals surface area (Å²) in [6.45, 7) is 0.767. The van der Waals surface area contributed by atoms with E-state index in [1.165, 1.54) is 11.1 Å². The molecule has 9 rings (SSSR count). The molecule has 0 unspecified atom stereocenters. The first-order chi connectivity index (χ1) is 24.8. The van der Waals surface area contributed by atoms with E-state index in [9.17, 15) is 0 Å². The Kier molecular flexibility index (Phi) is 7.40. The van der Waals surface area contributed by atoms with Crippen LogP contribution in [0.4, 0.5) is 0 Å². The summed E-state index contributed by atoms with van der Waals surface area (Å²) in [5, 5.41) is 3.47. The van der Waals surface area contributed by atoms with Crippen LogP contribution in [0.2, 0.25) is 0 Å². The van der Waals surface area contributed by atoms with Crippen molar-refractivity contribution >= 4 is 5.70 Å². The molecule has 0 amide bonds. The molecule has 0 fully saturated rings. The minimum Gasteiger partial charge on any atom is -0.457 e. The smallest absolute Gasteiger partial charge is 0.160 e. The van der Waals surface area contributed by atoms with Gasteiger partial charge in [-0.2, -0.15) is 0 Å².